The number of ketones is 1. The first-order valence-electron chi connectivity index (χ1n) is 7.33. The van der Waals surface area contributed by atoms with E-state index in [0.717, 1.165) is 6.54 Å². The summed E-state index contributed by atoms with van der Waals surface area (Å²) in [6.07, 6.45) is 2.42. The zero-order valence-corrected chi connectivity index (χ0v) is 13.5. The number of ether oxygens (including phenoxy) is 1. The van der Waals surface area contributed by atoms with Crippen LogP contribution in [0.25, 0.3) is 0 Å². The number of nitrogen functional groups attached to an aromatic ring is 1. The number of carbonyl (C=O) groups excluding carboxylic acids is 2. The van der Waals surface area contributed by atoms with Crippen LogP contribution in [0.3, 0.4) is 0 Å². The average molecular weight is 310 g/mol. The van der Waals surface area contributed by atoms with Crippen LogP contribution in [0.15, 0.2) is 0 Å². The van der Waals surface area contributed by atoms with E-state index in [1.807, 2.05) is 13.8 Å². The van der Waals surface area contributed by atoms with Gasteiger partial charge in [-0.2, -0.15) is 0 Å². The third-order valence-electron chi connectivity index (χ3n) is 3.42. The van der Waals surface area contributed by atoms with E-state index in [4.69, 9.17) is 10.5 Å². The lowest BCUT2D eigenvalue weighted by atomic mass is 10.1. The SMILES string of the molecule is CCOC(=O)c1c(NCC2CC2)sc(C(=O)C(C)C)c1N. The maximum absolute atomic E-state index is 12.2. The first-order valence-corrected chi connectivity index (χ1v) is 8.14. The molecule has 1 fully saturated rings. The number of esters is 1. The number of Topliss-reactive ketones (excluding diaryl/α,β-unsaturated/α-hetero) is 1. The molecule has 2 rings (SSSR count). The van der Waals surface area contributed by atoms with Crippen LogP contribution in [0, 0.1) is 11.8 Å². The van der Waals surface area contributed by atoms with E-state index in [1.54, 1.807) is 6.92 Å². The summed E-state index contributed by atoms with van der Waals surface area (Å²) < 4.78 is 5.06. The third-order valence-corrected chi connectivity index (χ3v) is 4.60. The summed E-state index contributed by atoms with van der Waals surface area (Å²) in [5.41, 5.74) is 6.60. The Morgan fingerprint density at radius 2 is 2.10 bits per heavy atom. The van der Waals surface area contributed by atoms with Gasteiger partial charge in [-0.3, -0.25) is 4.79 Å². The molecule has 1 aromatic rings. The Balaban J connectivity index is 2.32. The summed E-state index contributed by atoms with van der Waals surface area (Å²) in [6, 6.07) is 0. The summed E-state index contributed by atoms with van der Waals surface area (Å²) in [5.74, 6) is -0.000212. The zero-order chi connectivity index (χ0) is 15.6. The Labute approximate surface area is 128 Å². The van der Waals surface area contributed by atoms with Gasteiger partial charge in [-0.25, -0.2) is 4.79 Å². The van der Waals surface area contributed by atoms with Crippen LogP contribution in [0.2, 0.25) is 0 Å². The van der Waals surface area contributed by atoms with Crippen molar-refractivity contribution in [3.05, 3.63) is 10.4 Å². The Morgan fingerprint density at radius 3 is 2.62 bits per heavy atom. The van der Waals surface area contributed by atoms with Gasteiger partial charge in [0.1, 0.15) is 10.6 Å². The molecular formula is C15H22N2O3S. The molecule has 0 spiro atoms. The van der Waals surface area contributed by atoms with Crippen molar-refractivity contribution in [2.24, 2.45) is 11.8 Å². The lowest BCUT2D eigenvalue weighted by molar-refractivity contribution is 0.0529. The van der Waals surface area contributed by atoms with E-state index >= 15 is 0 Å². The van der Waals surface area contributed by atoms with Gasteiger partial charge >= 0.3 is 5.97 Å². The Hall–Kier alpha value is -1.56. The van der Waals surface area contributed by atoms with Crippen LogP contribution in [0.4, 0.5) is 10.7 Å². The van der Waals surface area contributed by atoms with Crippen molar-refractivity contribution in [2.75, 3.05) is 24.2 Å². The second-order valence-electron chi connectivity index (χ2n) is 5.61. The summed E-state index contributed by atoms with van der Waals surface area (Å²) in [4.78, 5) is 24.8. The van der Waals surface area contributed by atoms with Gasteiger partial charge < -0.3 is 15.8 Å². The molecule has 116 valence electrons. The van der Waals surface area contributed by atoms with Crippen LogP contribution in [-0.4, -0.2) is 24.9 Å². The molecule has 0 saturated heterocycles. The highest BCUT2D eigenvalue weighted by molar-refractivity contribution is 7.19. The topological polar surface area (TPSA) is 81.4 Å². The van der Waals surface area contributed by atoms with E-state index < -0.39 is 5.97 Å². The van der Waals surface area contributed by atoms with Crippen molar-refractivity contribution >= 4 is 33.8 Å². The molecule has 0 aromatic carbocycles. The normalized spacial score (nSPS) is 14.3. The second-order valence-corrected chi connectivity index (χ2v) is 6.63. The summed E-state index contributed by atoms with van der Waals surface area (Å²) in [6.45, 7) is 6.48. The van der Waals surface area contributed by atoms with Gasteiger partial charge in [-0.15, -0.1) is 11.3 Å². The molecule has 6 heteroatoms. The highest BCUT2D eigenvalue weighted by Gasteiger charge is 2.29. The molecule has 3 N–H and O–H groups in total. The molecule has 5 nitrogen and oxygen atoms in total. The predicted molar refractivity (Wildman–Crippen MR) is 85.1 cm³/mol. The number of hydrogen-bond acceptors (Lipinski definition) is 6. The summed E-state index contributed by atoms with van der Waals surface area (Å²) >= 11 is 1.26. The van der Waals surface area contributed by atoms with Crippen molar-refractivity contribution < 1.29 is 14.3 Å². The number of carbonyl (C=O) groups is 2. The third kappa shape index (κ3) is 3.56. The van der Waals surface area contributed by atoms with Crippen LogP contribution in [0.1, 0.15) is 53.6 Å². The molecule has 0 atom stereocenters. The Morgan fingerprint density at radius 1 is 1.43 bits per heavy atom. The number of rotatable bonds is 7. The van der Waals surface area contributed by atoms with E-state index in [1.165, 1.54) is 24.2 Å². The molecule has 0 unspecified atom stereocenters. The molecule has 1 aromatic heterocycles. The molecule has 0 bridgehead atoms. The first kappa shape index (κ1) is 15.8. The fraction of sp³-hybridized carbons (Fsp3) is 0.600. The summed E-state index contributed by atoms with van der Waals surface area (Å²) in [7, 11) is 0. The van der Waals surface area contributed by atoms with Gasteiger partial charge in [0.2, 0.25) is 0 Å². The highest BCUT2D eigenvalue weighted by Crippen LogP contribution is 2.39. The summed E-state index contributed by atoms with van der Waals surface area (Å²) in [5, 5.41) is 3.91. The second kappa shape index (κ2) is 6.47. The molecule has 1 saturated carbocycles. The minimum Gasteiger partial charge on any atom is -0.462 e. The van der Waals surface area contributed by atoms with Crippen LogP contribution in [-0.2, 0) is 4.74 Å². The standard InChI is InChI=1S/C15H22N2O3S/c1-4-20-15(19)10-11(16)13(12(18)8(2)3)21-14(10)17-7-9-5-6-9/h8-9,17H,4-7,16H2,1-3H3. The van der Waals surface area contributed by atoms with Crippen molar-refractivity contribution in [2.45, 2.75) is 33.6 Å². The van der Waals surface area contributed by atoms with Gasteiger partial charge in [0.25, 0.3) is 0 Å². The maximum atomic E-state index is 12.2. The van der Waals surface area contributed by atoms with Crippen molar-refractivity contribution in [3.63, 3.8) is 0 Å². The number of anilines is 2. The molecule has 21 heavy (non-hydrogen) atoms. The van der Waals surface area contributed by atoms with Gasteiger partial charge in [0, 0.05) is 12.5 Å². The number of nitrogens with two attached hydrogens (primary N) is 1. The van der Waals surface area contributed by atoms with Crippen LogP contribution in [0.5, 0.6) is 0 Å². The highest BCUT2D eigenvalue weighted by atomic mass is 32.1. The van der Waals surface area contributed by atoms with Gasteiger partial charge in [-0.1, -0.05) is 13.8 Å². The monoisotopic (exact) mass is 310 g/mol. The minimum absolute atomic E-state index is 0.0393. The van der Waals surface area contributed by atoms with Gasteiger partial charge in [0.05, 0.1) is 17.2 Å². The maximum Gasteiger partial charge on any atom is 0.343 e. The van der Waals surface area contributed by atoms with Crippen molar-refractivity contribution in [1.29, 1.82) is 0 Å². The smallest absolute Gasteiger partial charge is 0.343 e. The molecule has 1 heterocycles. The Kier molecular flexibility index (Phi) is 4.88. The Bertz CT molecular complexity index is 547. The fourth-order valence-corrected chi connectivity index (χ4v) is 3.18. The molecule has 1 aliphatic carbocycles. The lowest BCUT2D eigenvalue weighted by Gasteiger charge is -2.07. The molecule has 1 aliphatic rings. The number of thiophene rings is 1. The van der Waals surface area contributed by atoms with Gasteiger partial charge in [0.15, 0.2) is 5.78 Å². The minimum atomic E-state index is -0.465. The molecule has 0 aliphatic heterocycles. The molecule has 0 radical (unpaired) electrons. The molecular weight excluding hydrogens is 288 g/mol. The fourth-order valence-electron chi connectivity index (χ4n) is 1.98. The van der Waals surface area contributed by atoms with E-state index in [0.29, 0.717) is 21.4 Å². The number of hydrogen-bond donors (Lipinski definition) is 2. The van der Waals surface area contributed by atoms with E-state index in [9.17, 15) is 9.59 Å². The van der Waals surface area contributed by atoms with Gasteiger partial charge in [-0.05, 0) is 25.7 Å². The largest absolute Gasteiger partial charge is 0.462 e. The predicted octanol–water partition coefficient (Wildman–Crippen LogP) is 3.17. The van der Waals surface area contributed by atoms with E-state index in [2.05, 4.69) is 5.32 Å². The molecule has 0 amide bonds. The van der Waals surface area contributed by atoms with Crippen molar-refractivity contribution in [1.82, 2.24) is 0 Å². The van der Waals surface area contributed by atoms with Crippen LogP contribution >= 0.6 is 11.3 Å². The number of nitrogens with one attached hydrogen (secondary N) is 1. The lowest BCUT2D eigenvalue weighted by Crippen LogP contribution is -2.12. The van der Waals surface area contributed by atoms with Crippen LogP contribution < -0.4 is 11.1 Å². The van der Waals surface area contributed by atoms with E-state index in [-0.39, 0.29) is 24.0 Å². The van der Waals surface area contributed by atoms with Crippen molar-refractivity contribution in [3.8, 4) is 0 Å². The average Bonchev–Trinajstić information content (AvgIpc) is 3.19. The first-order chi connectivity index (χ1) is 9.95. The zero-order valence-electron chi connectivity index (χ0n) is 12.7. The quantitative estimate of drug-likeness (QED) is 0.597.